The lowest BCUT2D eigenvalue weighted by molar-refractivity contribution is -0.110. The summed E-state index contributed by atoms with van der Waals surface area (Å²) in [5.41, 5.74) is 1.29. The van der Waals surface area contributed by atoms with Crippen molar-refractivity contribution < 1.29 is 43.1 Å². The second kappa shape index (κ2) is 13.0. The van der Waals surface area contributed by atoms with Crippen LogP contribution in [-0.2, 0) is 23.9 Å². The van der Waals surface area contributed by atoms with E-state index in [0.717, 1.165) is 10.1 Å². The molecule has 192 valence electrons. The van der Waals surface area contributed by atoms with Gasteiger partial charge in [0.15, 0.2) is 0 Å². The first-order valence-corrected chi connectivity index (χ1v) is 11.0. The highest BCUT2D eigenvalue weighted by molar-refractivity contribution is 6.21. The number of carbonyl (C=O) groups is 4. The zero-order valence-electron chi connectivity index (χ0n) is 18.8. The molecule has 2 aromatic carbocycles. The molecule has 4 amide bonds. The van der Waals surface area contributed by atoms with E-state index in [1.807, 2.05) is 0 Å². The Bertz CT molecular complexity index is 949. The number of benzene rings is 2. The summed E-state index contributed by atoms with van der Waals surface area (Å²) in [6, 6.07) is 13.1. The normalized spacial score (nSPS) is 14.3. The van der Waals surface area contributed by atoms with Crippen molar-refractivity contribution in [3.8, 4) is 0 Å². The maximum Gasteiger partial charge on any atom is 0.285 e. The molecular weight excluding hydrogens is 472 g/mol. The number of imide groups is 2. The molecule has 0 aliphatic carbocycles. The SMILES string of the molecule is C.O=C1c2ccccc2C(=O)N1OCCOCCOCCOCCON1C(=O)c2ccccc2C1=O. The fourth-order valence-corrected chi connectivity index (χ4v) is 3.49. The van der Waals surface area contributed by atoms with Crippen molar-refractivity contribution in [3.05, 3.63) is 70.8 Å². The van der Waals surface area contributed by atoms with Crippen LogP contribution >= 0.6 is 0 Å². The summed E-state index contributed by atoms with van der Waals surface area (Å²) < 4.78 is 16.1. The molecule has 0 saturated heterocycles. The number of ether oxygens (including phenoxy) is 3. The molecule has 2 aliphatic rings. The first kappa shape index (κ1) is 27.1. The van der Waals surface area contributed by atoms with Crippen molar-refractivity contribution in [2.75, 3.05) is 52.9 Å². The molecule has 2 heterocycles. The van der Waals surface area contributed by atoms with Crippen molar-refractivity contribution in [2.45, 2.75) is 7.43 Å². The number of amides is 4. The van der Waals surface area contributed by atoms with Crippen LogP contribution in [0.4, 0.5) is 0 Å². The Morgan fingerprint density at radius 2 is 0.694 bits per heavy atom. The Kier molecular flexibility index (Phi) is 9.79. The third-order valence-electron chi connectivity index (χ3n) is 5.15. The van der Waals surface area contributed by atoms with Crippen LogP contribution in [0.5, 0.6) is 0 Å². The molecule has 11 heteroatoms. The zero-order valence-corrected chi connectivity index (χ0v) is 18.8. The van der Waals surface area contributed by atoms with Gasteiger partial charge in [0.2, 0.25) is 0 Å². The van der Waals surface area contributed by atoms with Gasteiger partial charge in [0, 0.05) is 0 Å². The van der Waals surface area contributed by atoms with Gasteiger partial charge in [0.25, 0.3) is 23.6 Å². The van der Waals surface area contributed by atoms with E-state index in [0.29, 0.717) is 48.7 Å². The summed E-state index contributed by atoms with van der Waals surface area (Å²) in [5.74, 6) is -1.93. The van der Waals surface area contributed by atoms with Crippen LogP contribution in [0.2, 0.25) is 0 Å². The Balaban J connectivity index is 0.00000361. The summed E-state index contributed by atoms with van der Waals surface area (Å²) in [7, 11) is 0. The first-order valence-electron chi connectivity index (χ1n) is 11.0. The summed E-state index contributed by atoms with van der Waals surface area (Å²) in [4.78, 5) is 59.1. The van der Waals surface area contributed by atoms with Crippen LogP contribution in [0.15, 0.2) is 48.5 Å². The molecule has 0 bridgehead atoms. The number of carbonyl (C=O) groups excluding carboxylic acids is 4. The van der Waals surface area contributed by atoms with Gasteiger partial charge in [-0.1, -0.05) is 31.7 Å². The molecule has 0 radical (unpaired) electrons. The number of rotatable bonds is 14. The van der Waals surface area contributed by atoms with Crippen LogP contribution < -0.4 is 0 Å². The van der Waals surface area contributed by atoms with Crippen molar-refractivity contribution in [3.63, 3.8) is 0 Å². The fourth-order valence-electron chi connectivity index (χ4n) is 3.49. The van der Waals surface area contributed by atoms with Gasteiger partial charge in [-0.05, 0) is 24.3 Å². The lowest BCUT2D eigenvalue weighted by atomic mass is 10.1. The molecule has 2 aliphatic heterocycles. The zero-order chi connectivity index (χ0) is 24.6. The van der Waals surface area contributed by atoms with Gasteiger partial charge in [-0.15, -0.1) is 10.1 Å². The van der Waals surface area contributed by atoms with Crippen molar-refractivity contribution >= 4 is 23.6 Å². The van der Waals surface area contributed by atoms with E-state index in [9.17, 15) is 19.2 Å². The van der Waals surface area contributed by atoms with Crippen LogP contribution in [0.1, 0.15) is 48.9 Å². The van der Waals surface area contributed by atoms with E-state index in [-0.39, 0.29) is 33.9 Å². The molecule has 4 rings (SSSR count). The molecule has 0 saturated carbocycles. The molecule has 36 heavy (non-hydrogen) atoms. The average Bonchev–Trinajstić information content (AvgIpc) is 3.27. The quantitative estimate of drug-likeness (QED) is 0.284. The van der Waals surface area contributed by atoms with E-state index in [4.69, 9.17) is 23.9 Å². The molecule has 0 spiro atoms. The number of hydroxylamine groups is 4. The molecule has 0 fully saturated rings. The van der Waals surface area contributed by atoms with Crippen molar-refractivity contribution in [2.24, 2.45) is 0 Å². The topological polar surface area (TPSA) is 121 Å². The largest absolute Gasteiger partial charge is 0.377 e. The second-order valence-electron chi connectivity index (χ2n) is 7.40. The van der Waals surface area contributed by atoms with Crippen molar-refractivity contribution in [1.82, 2.24) is 10.1 Å². The molecule has 0 atom stereocenters. The number of fused-ring (bicyclic) bond motifs is 2. The van der Waals surface area contributed by atoms with Gasteiger partial charge in [-0.2, -0.15) is 0 Å². The molecule has 2 aromatic rings. The first-order chi connectivity index (χ1) is 17.1. The van der Waals surface area contributed by atoms with E-state index in [2.05, 4.69) is 0 Å². The lowest BCUT2D eigenvalue weighted by Crippen LogP contribution is -2.31. The van der Waals surface area contributed by atoms with E-state index < -0.39 is 23.6 Å². The van der Waals surface area contributed by atoms with Gasteiger partial charge in [-0.25, -0.2) is 0 Å². The van der Waals surface area contributed by atoms with E-state index >= 15 is 0 Å². The monoisotopic (exact) mass is 500 g/mol. The average molecular weight is 501 g/mol. The standard InChI is InChI=1S/C24H24N2O9.CH4/c27-21-17-5-1-2-6-18(17)22(28)25(21)34-15-13-32-11-9-31-10-12-33-14-16-35-26-23(29)19-7-3-4-8-20(19)24(26)30;/h1-8H,9-16H2;1H4. The Hall–Kier alpha value is -3.48. The highest BCUT2D eigenvalue weighted by Gasteiger charge is 2.37. The van der Waals surface area contributed by atoms with Crippen molar-refractivity contribution in [1.29, 1.82) is 0 Å². The van der Waals surface area contributed by atoms with E-state index in [1.54, 1.807) is 48.5 Å². The van der Waals surface area contributed by atoms with Crippen LogP contribution in [-0.4, -0.2) is 86.6 Å². The van der Waals surface area contributed by atoms with Gasteiger partial charge in [0.05, 0.1) is 75.1 Å². The molecule has 0 unspecified atom stereocenters. The van der Waals surface area contributed by atoms with Gasteiger partial charge >= 0.3 is 0 Å². The minimum atomic E-state index is -0.483. The Labute approximate surface area is 208 Å². The maximum absolute atomic E-state index is 12.1. The Morgan fingerprint density at radius 1 is 0.444 bits per heavy atom. The molecule has 11 nitrogen and oxygen atoms in total. The minimum absolute atomic E-state index is 0. The minimum Gasteiger partial charge on any atom is -0.377 e. The number of nitrogens with zero attached hydrogens (tertiary/aromatic N) is 2. The van der Waals surface area contributed by atoms with Crippen LogP contribution in [0, 0.1) is 0 Å². The molecular formula is C25H28N2O9. The Morgan fingerprint density at radius 3 is 0.972 bits per heavy atom. The van der Waals surface area contributed by atoms with Gasteiger partial charge < -0.3 is 14.2 Å². The molecule has 0 aromatic heterocycles. The summed E-state index contributed by atoms with van der Waals surface area (Å²) in [6.07, 6.45) is 0. The van der Waals surface area contributed by atoms with E-state index in [1.165, 1.54) is 0 Å². The maximum atomic E-state index is 12.1. The summed E-state index contributed by atoms with van der Waals surface area (Å²) >= 11 is 0. The highest BCUT2D eigenvalue weighted by Crippen LogP contribution is 2.23. The predicted octanol–water partition coefficient (Wildman–Crippen LogP) is 2.13. The van der Waals surface area contributed by atoms with Crippen LogP contribution in [0.25, 0.3) is 0 Å². The lowest BCUT2D eigenvalue weighted by Gasteiger charge is -2.14. The third-order valence-corrected chi connectivity index (χ3v) is 5.15. The third kappa shape index (κ3) is 6.01. The van der Waals surface area contributed by atoms with Gasteiger partial charge in [0.1, 0.15) is 0 Å². The fraction of sp³-hybridized carbons (Fsp3) is 0.360. The second-order valence-corrected chi connectivity index (χ2v) is 7.40. The smallest absolute Gasteiger partial charge is 0.285 e. The highest BCUT2D eigenvalue weighted by atomic mass is 16.7. The summed E-state index contributed by atoms with van der Waals surface area (Å²) in [6.45, 7) is 1.70. The summed E-state index contributed by atoms with van der Waals surface area (Å²) in [5, 5.41) is 1.50. The van der Waals surface area contributed by atoms with Crippen LogP contribution in [0.3, 0.4) is 0 Å². The van der Waals surface area contributed by atoms with Gasteiger partial charge in [-0.3, -0.25) is 28.9 Å². The number of hydrogen-bond donors (Lipinski definition) is 0. The molecule has 0 N–H and O–H groups in total. The predicted molar refractivity (Wildman–Crippen MR) is 125 cm³/mol. The number of hydrogen-bond acceptors (Lipinski definition) is 9.